The highest BCUT2D eigenvalue weighted by Crippen LogP contribution is 2.37. The van der Waals surface area contributed by atoms with Gasteiger partial charge in [0.1, 0.15) is 17.2 Å². The highest BCUT2D eigenvalue weighted by atomic mass is 16.5. The first-order chi connectivity index (χ1) is 14.9. The number of rotatable bonds is 3. The second-order valence-electron chi connectivity index (χ2n) is 8.05. The topological polar surface area (TPSA) is 83.1 Å². The first-order valence-electron chi connectivity index (χ1n) is 10.3. The first-order valence-corrected chi connectivity index (χ1v) is 10.3. The van der Waals surface area contributed by atoms with Crippen molar-refractivity contribution in [2.45, 2.75) is 25.4 Å². The van der Waals surface area contributed by atoms with E-state index in [0.29, 0.717) is 48.7 Å². The van der Waals surface area contributed by atoms with Crippen LogP contribution in [0.4, 0.5) is 16.2 Å². The molecular weight excluding hydrogens is 396 g/mol. The molecular formula is C23H28N4O4. The largest absolute Gasteiger partial charge is 0.497 e. The Morgan fingerprint density at radius 1 is 1.10 bits per heavy atom. The summed E-state index contributed by atoms with van der Waals surface area (Å²) in [5, 5.41) is 6.12. The average Bonchev–Trinajstić information content (AvgIpc) is 2.78. The van der Waals surface area contributed by atoms with E-state index in [9.17, 15) is 9.59 Å². The molecule has 0 saturated carbocycles. The Morgan fingerprint density at radius 3 is 2.52 bits per heavy atom. The molecule has 1 spiro atoms. The number of benzene rings is 2. The zero-order chi connectivity index (χ0) is 22.2. The van der Waals surface area contributed by atoms with Crippen molar-refractivity contribution in [3.63, 3.8) is 0 Å². The molecule has 4 rings (SSSR count). The number of ether oxygens (including phenoxy) is 2. The molecule has 0 unspecified atom stereocenters. The van der Waals surface area contributed by atoms with Crippen LogP contribution in [0.1, 0.15) is 28.8 Å². The number of likely N-dealkylation sites (tertiary alicyclic amines) is 1. The lowest BCUT2D eigenvalue weighted by Crippen LogP contribution is -2.67. The Labute approximate surface area is 182 Å². The predicted octanol–water partition coefficient (Wildman–Crippen LogP) is 3.22. The average molecular weight is 425 g/mol. The molecule has 1 fully saturated rings. The van der Waals surface area contributed by atoms with Gasteiger partial charge in [0.15, 0.2) is 0 Å². The molecule has 1 saturated heterocycles. The van der Waals surface area contributed by atoms with Gasteiger partial charge in [-0.2, -0.15) is 0 Å². The van der Waals surface area contributed by atoms with Gasteiger partial charge in [-0.05, 0) is 31.2 Å². The van der Waals surface area contributed by atoms with E-state index >= 15 is 0 Å². The summed E-state index contributed by atoms with van der Waals surface area (Å²) >= 11 is 0. The van der Waals surface area contributed by atoms with Crippen molar-refractivity contribution < 1.29 is 19.1 Å². The molecule has 8 nitrogen and oxygen atoms in total. The summed E-state index contributed by atoms with van der Waals surface area (Å²) in [5.41, 5.74) is 2.73. The number of amides is 3. The third-order valence-corrected chi connectivity index (χ3v) is 6.27. The van der Waals surface area contributed by atoms with Crippen LogP contribution in [0.2, 0.25) is 0 Å². The van der Waals surface area contributed by atoms with Gasteiger partial charge in [0.05, 0.1) is 31.2 Å². The van der Waals surface area contributed by atoms with E-state index < -0.39 is 5.66 Å². The lowest BCUT2D eigenvalue weighted by molar-refractivity contribution is 0.0815. The van der Waals surface area contributed by atoms with Crippen molar-refractivity contribution in [3.8, 4) is 11.5 Å². The standard InChI is InChI=1S/C23H28N4O4/c1-15-5-7-19-17(13-15)21(28)25-23(26(19)2)9-11-27(12-10-23)22(29)24-18-14-16(30-3)6-8-20(18)31-4/h5-8,13-14H,9-12H2,1-4H3,(H,24,29)(H,25,28). The van der Waals surface area contributed by atoms with Crippen LogP contribution in [-0.4, -0.2) is 56.9 Å². The summed E-state index contributed by atoms with van der Waals surface area (Å²) in [6.45, 7) is 3.01. The summed E-state index contributed by atoms with van der Waals surface area (Å²) in [7, 11) is 5.14. The molecule has 2 N–H and O–H groups in total. The fourth-order valence-electron chi connectivity index (χ4n) is 4.36. The number of carbonyl (C=O) groups excluding carboxylic acids is 2. The number of urea groups is 1. The van der Waals surface area contributed by atoms with Gasteiger partial charge in [-0.1, -0.05) is 11.6 Å². The van der Waals surface area contributed by atoms with Crippen LogP contribution in [-0.2, 0) is 0 Å². The number of nitrogens with zero attached hydrogens (tertiary/aromatic N) is 2. The van der Waals surface area contributed by atoms with Gasteiger partial charge in [0, 0.05) is 39.0 Å². The third kappa shape index (κ3) is 3.73. The number of anilines is 2. The number of fused-ring (bicyclic) bond motifs is 1. The molecule has 3 amide bonds. The summed E-state index contributed by atoms with van der Waals surface area (Å²) in [5.74, 6) is 1.14. The van der Waals surface area contributed by atoms with Crippen molar-refractivity contribution in [3.05, 3.63) is 47.5 Å². The van der Waals surface area contributed by atoms with E-state index in [0.717, 1.165) is 11.3 Å². The van der Waals surface area contributed by atoms with Crippen LogP contribution < -0.4 is 25.0 Å². The van der Waals surface area contributed by atoms with Gasteiger partial charge in [-0.3, -0.25) is 4.79 Å². The third-order valence-electron chi connectivity index (χ3n) is 6.27. The van der Waals surface area contributed by atoms with Crippen LogP contribution in [0, 0.1) is 6.92 Å². The minimum absolute atomic E-state index is 0.0594. The van der Waals surface area contributed by atoms with E-state index in [-0.39, 0.29) is 11.9 Å². The molecule has 2 heterocycles. The number of hydrogen-bond acceptors (Lipinski definition) is 5. The molecule has 31 heavy (non-hydrogen) atoms. The van der Waals surface area contributed by atoms with Crippen LogP contribution in [0.25, 0.3) is 0 Å². The monoisotopic (exact) mass is 424 g/mol. The zero-order valence-corrected chi connectivity index (χ0v) is 18.3. The molecule has 2 aromatic rings. The van der Waals surface area contributed by atoms with Crippen molar-refractivity contribution in [2.75, 3.05) is 44.6 Å². The smallest absolute Gasteiger partial charge is 0.321 e. The Balaban J connectivity index is 1.47. The Kier molecular flexibility index (Phi) is 5.39. The number of carbonyl (C=O) groups is 2. The van der Waals surface area contributed by atoms with Crippen molar-refractivity contribution in [1.82, 2.24) is 10.2 Å². The SMILES string of the molecule is COc1ccc(OC)c(NC(=O)N2CCC3(CC2)NC(=O)c2cc(C)ccc2N3C)c1. The predicted molar refractivity (Wildman–Crippen MR) is 119 cm³/mol. The summed E-state index contributed by atoms with van der Waals surface area (Å²) in [6.07, 6.45) is 1.26. The number of hydrogen-bond donors (Lipinski definition) is 2. The molecule has 2 aromatic carbocycles. The first kappa shape index (κ1) is 20.8. The van der Waals surface area contributed by atoms with Crippen molar-refractivity contribution >= 4 is 23.3 Å². The van der Waals surface area contributed by atoms with E-state index in [1.807, 2.05) is 32.2 Å². The molecule has 164 valence electrons. The lowest BCUT2D eigenvalue weighted by Gasteiger charge is -2.51. The normalized spacial score (nSPS) is 17.1. The van der Waals surface area contributed by atoms with Crippen LogP contribution in [0.3, 0.4) is 0 Å². The van der Waals surface area contributed by atoms with Gasteiger partial charge in [-0.15, -0.1) is 0 Å². The molecule has 0 atom stereocenters. The molecule has 0 aliphatic carbocycles. The second-order valence-corrected chi connectivity index (χ2v) is 8.05. The maximum Gasteiger partial charge on any atom is 0.321 e. The van der Waals surface area contributed by atoms with Gasteiger partial charge < -0.3 is 29.9 Å². The summed E-state index contributed by atoms with van der Waals surface area (Å²) in [4.78, 5) is 29.6. The highest BCUT2D eigenvalue weighted by Gasteiger charge is 2.44. The Morgan fingerprint density at radius 2 is 1.84 bits per heavy atom. The van der Waals surface area contributed by atoms with Crippen molar-refractivity contribution in [2.24, 2.45) is 0 Å². The van der Waals surface area contributed by atoms with E-state index in [1.165, 1.54) is 0 Å². The van der Waals surface area contributed by atoms with E-state index in [4.69, 9.17) is 9.47 Å². The highest BCUT2D eigenvalue weighted by molar-refractivity contribution is 6.02. The Hall–Kier alpha value is -3.42. The fourth-order valence-corrected chi connectivity index (χ4v) is 4.36. The number of aryl methyl sites for hydroxylation is 1. The van der Waals surface area contributed by atoms with Crippen LogP contribution >= 0.6 is 0 Å². The van der Waals surface area contributed by atoms with E-state index in [1.54, 1.807) is 37.3 Å². The minimum Gasteiger partial charge on any atom is -0.497 e. The molecule has 0 bridgehead atoms. The van der Waals surface area contributed by atoms with Crippen LogP contribution in [0.5, 0.6) is 11.5 Å². The Bertz CT molecular complexity index is 1010. The van der Waals surface area contributed by atoms with Gasteiger partial charge >= 0.3 is 6.03 Å². The number of methoxy groups -OCH3 is 2. The zero-order valence-electron chi connectivity index (χ0n) is 18.3. The molecule has 2 aliphatic heterocycles. The van der Waals surface area contributed by atoms with Gasteiger partial charge in [0.25, 0.3) is 5.91 Å². The van der Waals surface area contributed by atoms with Gasteiger partial charge in [0.2, 0.25) is 0 Å². The number of nitrogens with one attached hydrogen (secondary N) is 2. The maximum absolute atomic E-state index is 12.9. The van der Waals surface area contributed by atoms with Gasteiger partial charge in [-0.25, -0.2) is 4.79 Å². The fraction of sp³-hybridized carbons (Fsp3) is 0.391. The second kappa shape index (κ2) is 8.02. The summed E-state index contributed by atoms with van der Waals surface area (Å²) in [6, 6.07) is 11.0. The van der Waals surface area contributed by atoms with Crippen LogP contribution in [0.15, 0.2) is 36.4 Å². The molecule has 0 aromatic heterocycles. The molecule has 0 radical (unpaired) electrons. The summed E-state index contributed by atoms with van der Waals surface area (Å²) < 4.78 is 10.6. The lowest BCUT2D eigenvalue weighted by atomic mass is 9.90. The number of piperidine rings is 1. The maximum atomic E-state index is 12.9. The minimum atomic E-state index is -0.496. The molecule has 2 aliphatic rings. The van der Waals surface area contributed by atoms with E-state index in [2.05, 4.69) is 15.5 Å². The molecule has 8 heteroatoms. The quantitative estimate of drug-likeness (QED) is 0.791. The van der Waals surface area contributed by atoms with Crippen molar-refractivity contribution in [1.29, 1.82) is 0 Å².